The zero-order valence-electron chi connectivity index (χ0n) is 7.75. The van der Waals surface area contributed by atoms with Gasteiger partial charge < -0.3 is 13.9 Å². The maximum Gasteiger partial charge on any atom is 0.287 e. The van der Waals surface area contributed by atoms with Crippen molar-refractivity contribution in [2.45, 2.75) is 18.5 Å². The predicted molar refractivity (Wildman–Crippen MR) is 52.6 cm³/mol. The van der Waals surface area contributed by atoms with Crippen LogP contribution in [0.4, 0.5) is 0 Å². The van der Waals surface area contributed by atoms with Crippen LogP contribution in [0.2, 0.25) is 0 Å². The van der Waals surface area contributed by atoms with Gasteiger partial charge in [0.05, 0.1) is 6.26 Å². The minimum absolute atomic E-state index is 0.548. The molecule has 0 unspecified atom stereocenters. The molecule has 1 aromatic rings. The van der Waals surface area contributed by atoms with Crippen LogP contribution in [0, 0.1) is 0 Å². The lowest BCUT2D eigenvalue weighted by Crippen LogP contribution is -2.25. The molecule has 1 heterocycles. The van der Waals surface area contributed by atoms with Crippen molar-refractivity contribution in [3.8, 4) is 0 Å². The average molecular weight is 249 g/mol. The van der Waals surface area contributed by atoms with Crippen molar-refractivity contribution in [2.75, 3.05) is 13.2 Å². The lowest BCUT2D eigenvalue weighted by atomic mass is 10.4. The Morgan fingerprint density at radius 3 is 2.38 bits per heavy atom. The molecule has 0 atom stereocenters. The highest BCUT2D eigenvalue weighted by Gasteiger charge is 2.33. The Bertz CT molecular complexity index is 227. The highest BCUT2D eigenvalue weighted by Crippen LogP contribution is 2.34. The van der Waals surface area contributed by atoms with E-state index in [4.69, 9.17) is 13.9 Å². The lowest BCUT2D eigenvalue weighted by Gasteiger charge is -2.24. The van der Waals surface area contributed by atoms with Gasteiger partial charge in [-0.25, -0.2) is 0 Å². The Balaban J connectivity index is 2.78. The molecular weight excluding hydrogens is 236 g/mol. The molecule has 0 bridgehead atoms. The fourth-order valence-corrected chi connectivity index (χ4v) is 1.69. The quantitative estimate of drug-likeness (QED) is 0.594. The molecule has 0 saturated carbocycles. The minimum Gasteiger partial charge on any atom is -0.463 e. The van der Waals surface area contributed by atoms with E-state index in [0.29, 0.717) is 19.0 Å². The van der Waals surface area contributed by atoms with Crippen molar-refractivity contribution in [3.63, 3.8) is 0 Å². The van der Waals surface area contributed by atoms with E-state index in [1.165, 1.54) is 0 Å². The number of alkyl halides is 1. The molecule has 74 valence electrons. The molecule has 13 heavy (non-hydrogen) atoms. The normalized spacial score (nSPS) is 11.9. The third kappa shape index (κ3) is 2.56. The van der Waals surface area contributed by atoms with E-state index in [1.54, 1.807) is 18.4 Å². The molecular formula is C9H13BrO3. The van der Waals surface area contributed by atoms with Crippen molar-refractivity contribution in [1.29, 1.82) is 0 Å². The molecule has 0 aromatic carbocycles. The Labute approximate surface area is 86.1 Å². The molecule has 1 rings (SSSR count). The van der Waals surface area contributed by atoms with Crippen molar-refractivity contribution < 1.29 is 13.9 Å². The van der Waals surface area contributed by atoms with Gasteiger partial charge in [0, 0.05) is 13.2 Å². The molecule has 1 aromatic heterocycles. The van der Waals surface area contributed by atoms with Crippen molar-refractivity contribution in [2.24, 2.45) is 0 Å². The van der Waals surface area contributed by atoms with Crippen LogP contribution >= 0.6 is 15.9 Å². The van der Waals surface area contributed by atoms with Crippen LogP contribution in [0.25, 0.3) is 0 Å². The summed E-state index contributed by atoms with van der Waals surface area (Å²) in [6.45, 7) is 4.90. The van der Waals surface area contributed by atoms with Crippen LogP contribution in [0.5, 0.6) is 0 Å². The second-order valence-electron chi connectivity index (χ2n) is 2.38. The topological polar surface area (TPSA) is 31.6 Å². The summed E-state index contributed by atoms with van der Waals surface area (Å²) < 4.78 is 15.1. The van der Waals surface area contributed by atoms with Gasteiger partial charge in [-0.1, -0.05) is 0 Å². The predicted octanol–water partition coefficient (Wildman–Crippen LogP) is 2.86. The second-order valence-corrected chi connectivity index (χ2v) is 3.42. The molecule has 0 radical (unpaired) electrons. The van der Waals surface area contributed by atoms with E-state index < -0.39 is 4.70 Å². The average Bonchev–Trinajstić information content (AvgIpc) is 2.57. The molecule has 0 spiro atoms. The zero-order chi connectivity index (χ0) is 9.73. The SMILES string of the molecule is CCOC(Br)(OCC)c1ccco1. The summed E-state index contributed by atoms with van der Waals surface area (Å²) >= 11 is 3.35. The van der Waals surface area contributed by atoms with Crippen molar-refractivity contribution in [3.05, 3.63) is 24.2 Å². The van der Waals surface area contributed by atoms with Gasteiger partial charge in [-0.05, 0) is 41.9 Å². The lowest BCUT2D eigenvalue weighted by molar-refractivity contribution is -0.176. The number of furan rings is 1. The summed E-state index contributed by atoms with van der Waals surface area (Å²) in [7, 11) is 0. The molecule has 0 saturated heterocycles. The smallest absolute Gasteiger partial charge is 0.287 e. The van der Waals surface area contributed by atoms with E-state index in [9.17, 15) is 0 Å². The molecule has 4 heteroatoms. The van der Waals surface area contributed by atoms with Gasteiger partial charge in [0.25, 0.3) is 4.70 Å². The highest BCUT2D eigenvalue weighted by atomic mass is 79.9. The van der Waals surface area contributed by atoms with Gasteiger partial charge in [0.1, 0.15) is 0 Å². The van der Waals surface area contributed by atoms with Crippen molar-refractivity contribution >= 4 is 15.9 Å². The fraction of sp³-hybridized carbons (Fsp3) is 0.556. The summed E-state index contributed by atoms with van der Waals surface area (Å²) in [5.41, 5.74) is 0. The van der Waals surface area contributed by atoms with Gasteiger partial charge in [0.2, 0.25) is 0 Å². The maximum atomic E-state index is 5.41. The van der Waals surface area contributed by atoms with E-state index in [-0.39, 0.29) is 0 Å². The summed E-state index contributed by atoms with van der Waals surface area (Å²) in [5, 5.41) is 0. The summed E-state index contributed by atoms with van der Waals surface area (Å²) in [4.78, 5) is 0. The Hall–Kier alpha value is -0.320. The number of hydrogen-bond acceptors (Lipinski definition) is 3. The number of halogens is 1. The second kappa shape index (κ2) is 4.79. The number of rotatable bonds is 5. The first-order chi connectivity index (χ1) is 6.23. The third-order valence-electron chi connectivity index (χ3n) is 1.48. The van der Waals surface area contributed by atoms with Crippen LogP contribution in [-0.2, 0) is 14.2 Å². The molecule has 0 N–H and O–H groups in total. The first-order valence-corrected chi connectivity index (χ1v) is 5.03. The standard InChI is InChI=1S/C9H13BrO3/c1-3-12-9(10,13-4-2)8-6-5-7-11-8/h5-7H,3-4H2,1-2H3. The van der Waals surface area contributed by atoms with Gasteiger partial charge in [-0.15, -0.1) is 0 Å². The highest BCUT2D eigenvalue weighted by molar-refractivity contribution is 9.09. The van der Waals surface area contributed by atoms with E-state index >= 15 is 0 Å². The van der Waals surface area contributed by atoms with Gasteiger partial charge in [-0.3, -0.25) is 0 Å². The van der Waals surface area contributed by atoms with Crippen molar-refractivity contribution in [1.82, 2.24) is 0 Å². The maximum absolute atomic E-state index is 5.41. The first-order valence-electron chi connectivity index (χ1n) is 4.23. The molecule has 0 amide bonds. The fourth-order valence-electron chi connectivity index (χ4n) is 1.00. The number of hydrogen-bond donors (Lipinski definition) is 0. The van der Waals surface area contributed by atoms with Gasteiger partial charge >= 0.3 is 0 Å². The van der Waals surface area contributed by atoms with Gasteiger partial charge in [0.15, 0.2) is 5.76 Å². The molecule has 0 fully saturated rings. The monoisotopic (exact) mass is 248 g/mol. The third-order valence-corrected chi connectivity index (χ3v) is 2.32. The molecule has 3 nitrogen and oxygen atoms in total. The minimum atomic E-state index is -0.931. The largest absolute Gasteiger partial charge is 0.463 e. The molecule has 0 aliphatic carbocycles. The molecule has 0 aliphatic rings. The van der Waals surface area contributed by atoms with Crippen LogP contribution in [0.3, 0.4) is 0 Å². The Morgan fingerprint density at radius 2 is 2.00 bits per heavy atom. The van der Waals surface area contributed by atoms with Gasteiger partial charge in [-0.2, -0.15) is 0 Å². The Morgan fingerprint density at radius 1 is 1.38 bits per heavy atom. The summed E-state index contributed by atoms with van der Waals surface area (Å²) in [6.07, 6.45) is 1.59. The Kier molecular flexibility index (Phi) is 3.96. The van der Waals surface area contributed by atoms with Crippen LogP contribution in [0.1, 0.15) is 19.6 Å². The van der Waals surface area contributed by atoms with E-state index in [0.717, 1.165) is 0 Å². The van der Waals surface area contributed by atoms with Crippen LogP contribution in [0.15, 0.2) is 22.8 Å². The number of ether oxygens (including phenoxy) is 2. The van der Waals surface area contributed by atoms with Crippen LogP contribution in [-0.4, -0.2) is 13.2 Å². The summed E-state index contributed by atoms with van der Waals surface area (Å²) in [5.74, 6) is 0.621. The zero-order valence-corrected chi connectivity index (χ0v) is 9.33. The first kappa shape index (κ1) is 10.8. The summed E-state index contributed by atoms with van der Waals surface area (Å²) in [6, 6.07) is 3.60. The molecule has 0 aliphatic heterocycles. The van der Waals surface area contributed by atoms with Crippen LogP contribution < -0.4 is 0 Å². The van der Waals surface area contributed by atoms with E-state index in [2.05, 4.69) is 15.9 Å². The van der Waals surface area contributed by atoms with E-state index in [1.807, 2.05) is 13.8 Å².